The van der Waals surface area contributed by atoms with Crippen LogP contribution in [0.5, 0.6) is 0 Å². The maximum Gasteiger partial charge on any atom is 0.416 e. The standard InChI is InChI=1S/C19H17F3N2O3/c20-19(21,22)11-2-1-3-12(8-11)24-18(26)16-14-9-13(25)17(27-14)15(16)10-4-6-23-7-5-10/h1-8,13-17,25H,9H2,(H,24,26)/t13-,14+,15+,16-,17-/m0/s1. The molecule has 5 nitrogen and oxygen atoms in total. The minimum Gasteiger partial charge on any atom is -0.390 e. The minimum absolute atomic E-state index is 0.0756. The number of hydrogen-bond donors (Lipinski definition) is 2. The third-order valence-electron chi connectivity index (χ3n) is 5.18. The summed E-state index contributed by atoms with van der Waals surface area (Å²) in [4.78, 5) is 16.8. The van der Waals surface area contributed by atoms with E-state index in [1.807, 2.05) is 0 Å². The topological polar surface area (TPSA) is 71.5 Å². The molecule has 27 heavy (non-hydrogen) atoms. The number of pyridine rings is 1. The summed E-state index contributed by atoms with van der Waals surface area (Å²) in [5.74, 6) is -1.40. The zero-order chi connectivity index (χ0) is 19.2. The van der Waals surface area contributed by atoms with Crippen LogP contribution in [0.2, 0.25) is 0 Å². The Balaban J connectivity index is 1.59. The number of aromatic nitrogens is 1. The van der Waals surface area contributed by atoms with Crippen molar-refractivity contribution in [2.75, 3.05) is 5.32 Å². The molecule has 2 aliphatic rings. The highest BCUT2D eigenvalue weighted by Crippen LogP contribution is 2.49. The van der Waals surface area contributed by atoms with Gasteiger partial charge in [0.2, 0.25) is 5.91 Å². The largest absolute Gasteiger partial charge is 0.416 e. The maximum absolute atomic E-state index is 12.9. The maximum atomic E-state index is 12.9. The zero-order valence-corrected chi connectivity index (χ0v) is 14.1. The van der Waals surface area contributed by atoms with Crippen molar-refractivity contribution in [3.63, 3.8) is 0 Å². The molecular formula is C19H17F3N2O3. The summed E-state index contributed by atoms with van der Waals surface area (Å²) in [6.45, 7) is 0. The highest BCUT2D eigenvalue weighted by molar-refractivity contribution is 5.94. The van der Waals surface area contributed by atoms with Crippen molar-refractivity contribution >= 4 is 11.6 Å². The first-order valence-corrected chi connectivity index (χ1v) is 8.56. The summed E-state index contributed by atoms with van der Waals surface area (Å²) in [5, 5.41) is 12.7. The average Bonchev–Trinajstić information content (AvgIpc) is 3.19. The number of alkyl halides is 3. The molecule has 0 saturated carbocycles. The van der Waals surface area contributed by atoms with Crippen molar-refractivity contribution in [3.8, 4) is 0 Å². The van der Waals surface area contributed by atoms with E-state index in [-0.39, 0.29) is 11.6 Å². The molecule has 2 bridgehead atoms. The minimum atomic E-state index is -4.49. The van der Waals surface area contributed by atoms with Gasteiger partial charge in [-0.05, 0) is 35.9 Å². The molecule has 2 fully saturated rings. The first-order valence-electron chi connectivity index (χ1n) is 8.56. The van der Waals surface area contributed by atoms with Gasteiger partial charge in [-0.3, -0.25) is 9.78 Å². The SMILES string of the molecule is O=C(Nc1cccc(C(F)(F)F)c1)[C@@H]1[C@@H](c2ccncc2)[C@H]2O[C@@H]1C[C@@H]2O. The number of amides is 1. The Bertz CT molecular complexity index is 844. The third kappa shape index (κ3) is 3.30. The van der Waals surface area contributed by atoms with Gasteiger partial charge < -0.3 is 15.2 Å². The highest BCUT2D eigenvalue weighted by atomic mass is 19.4. The van der Waals surface area contributed by atoms with Crippen molar-refractivity contribution in [2.24, 2.45) is 5.92 Å². The fraction of sp³-hybridized carbons (Fsp3) is 0.368. The lowest BCUT2D eigenvalue weighted by Gasteiger charge is -2.30. The van der Waals surface area contributed by atoms with E-state index in [0.717, 1.165) is 17.7 Å². The van der Waals surface area contributed by atoms with E-state index in [0.29, 0.717) is 6.42 Å². The van der Waals surface area contributed by atoms with E-state index in [4.69, 9.17) is 4.74 Å². The molecule has 1 aromatic heterocycles. The second kappa shape index (κ2) is 6.61. The molecule has 2 aromatic rings. The van der Waals surface area contributed by atoms with Gasteiger partial charge in [-0.25, -0.2) is 0 Å². The Kier molecular flexibility index (Phi) is 4.39. The number of aliphatic hydroxyl groups excluding tert-OH is 1. The lowest BCUT2D eigenvalue weighted by molar-refractivity contribution is -0.137. The summed E-state index contributed by atoms with van der Waals surface area (Å²) in [6.07, 6.45) is -2.65. The molecular weight excluding hydrogens is 361 g/mol. The predicted molar refractivity (Wildman–Crippen MR) is 89.8 cm³/mol. The van der Waals surface area contributed by atoms with E-state index in [2.05, 4.69) is 10.3 Å². The normalized spacial score (nSPS) is 29.7. The number of fused-ring (bicyclic) bond motifs is 2. The Morgan fingerprint density at radius 1 is 1.22 bits per heavy atom. The van der Waals surface area contributed by atoms with Gasteiger partial charge in [0.1, 0.15) is 0 Å². The van der Waals surface area contributed by atoms with Crippen LogP contribution in [0.1, 0.15) is 23.5 Å². The fourth-order valence-electron chi connectivity index (χ4n) is 4.02. The van der Waals surface area contributed by atoms with E-state index in [1.54, 1.807) is 24.5 Å². The number of carbonyl (C=O) groups excluding carboxylic acids is 1. The molecule has 2 saturated heterocycles. The van der Waals surface area contributed by atoms with Crippen LogP contribution in [0.25, 0.3) is 0 Å². The lowest BCUT2D eigenvalue weighted by Crippen LogP contribution is -2.41. The molecule has 5 atom stereocenters. The van der Waals surface area contributed by atoms with Crippen LogP contribution in [0, 0.1) is 5.92 Å². The number of ether oxygens (including phenoxy) is 1. The molecule has 2 N–H and O–H groups in total. The number of hydrogen-bond acceptors (Lipinski definition) is 4. The van der Waals surface area contributed by atoms with Crippen LogP contribution in [0.3, 0.4) is 0 Å². The monoisotopic (exact) mass is 378 g/mol. The third-order valence-corrected chi connectivity index (χ3v) is 5.18. The molecule has 142 valence electrons. The van der Waals surface area contributed by atoms with Gasteiger partial charge in [-0.1, -0.05) is 6.07 Å². The Labute approximate surface area is 153 Å². The van der Waals surface area contributed by atoms with Crippen LogP contribution in [0.4, 0.5) is 18.9 Å². The van der Waals surface area contributed by atoms with Crippen molar-refractivity contribution in [1.29, 1.82) is 0 Å². The number of halogens is 3. The number of benzene rings is 1. The van der Waals surface area contributed by atoms with Crippen molar-refractivity contribution in [3.05, 3.63) is 59.9 Å². The number of anilines is 1. The second-order valence-corrected chi connectivity index (χ2v) is 6.84. The lowest BCUT2D eigenvalue weighted by atomic mass is 9.74. The highest BCUT2D eigenvalue weighted by Gasteiger charge is 2.56. The molecule has 2 aliphatic heterocycles. The summed E-state index contributed by atoms with van der Waals surface area (Å²) >= 11 is 0. The summed E-state index contributed by atoms with van der Waals surface area (Å²) in [5.41, 5.74) is 0.0534. The Hall–Kier alpha value is -2.45. The molecule has 1 amide bonds. The van der Waals surface area contributed by atoms with Gasteiger partial charge in [-0.15, -0.1) is 0 Å². The molecule has 0 unspecified atom stereocenters. The van der Waals surface area contributed by atoms with Gasteiger partial charge in [0, 0.05) is 30.4 Å². The second-order valence-electron chi connectivity index (χ2n) is 6.84. The van der Waals surface area contributed by atoms with Gasteiger partial charge in [0.25, 0.3) is 0 Å². The Morgan fingerprint density at radius 3 is 2.67 bits per heavy atom. The Morgan fingerprint density at radius 2 is 1.96 bits per heavy atom. The number of carbonyl (C=O) groups is 1. The molecule has 1 aromatic carbocycles. The van der Waals surface area contributed by atoms with Crippen LogP contribution in [-0.2, 0) is 15.7 Å². The predicted octanol–water partition coefficient (Wildman–Crippen LogP) is 2.97. The van der Waals surface area contributed by atoms with E-state index >= 15 is 0 Å². The van der Waals surface area contributed by atoms with Gasteiger partial charge >= 0.3 is 6.18 Å². The van der Waals surface area contributed by atoms with Crippen molar-refractivity contribution < 1.29 is 27.8 Å². The fourth-order valence-corrected chi connectivity index (χ4v) is 4.02. The van der Waals surface area contributed by atoms with Crippen molar-refractivity contribution in [2.45, 2.75) is 36.8 Å². The van der Waals surface area contributed by atoms with Crippen LogP contribution >= 0.6 is 0 Å². The quantitative estimate of drug-likeness (QED) is 0.862. The first-order chi connectivity index (χ1) is 12.8. The molecule has 3 heterocycles. The number of rotatable bonds is 3. The molecule has 8 heteroatoms. The van der Waals surface area contributed by atoms with E-state index in [1.165, 1.54) is 12.1 Å². The summed E-state index contributed by atoms with van der Waals surface area (Å²) < 4.78 is 44.5. The van der Waals surface area contributed by atoms with Crippen molar-refractivity contribution in [1.82, 2.24) is 4.98 Å². The van der Waals surface area contributed by atoms with Gasteiger partial charge in [-0.2, -0.15) is 13.2 Å². The number of nitrogens with zero attached hydrogens (tertiary/aromatic N) is 1. The smallest absolute Gasteiger partial charge is 0.390 e. The van der Waals surface area contributed by atoms with Crippen LogP contribution < -0.4 is 5.32 Å². The molecule has 0 aliphatic carbocycles. The van der Waals surface area contributed by atoms with Crippen LogP contribution in [-0.4, -0.2) is 34.3 Å². The molecule has 4 rings (SSSR count). The summed E-state index contributed by atoms with van der Waals surface area (Å²) in [6, 6.07) is 8.03. The average molecular weight is 378 g/mol. The van der Waals surface area contributed by atoms with E-state index in [9.17, 15) is 23.1 Å². The number of aliphatic hydroxyl groups is 1. The first kappa shape index (κ1) is 17.9. The molecule has 0 spiro atoms. The van der Waals surface area contributed by atoms with Crippen LogP contribution in [0.15, 0.2) is 48.8 Å². The van der Waals surface area contributed by atoms with Gasteiger partial charge in [0.15, 0.2) is 0 Å². The number of nitrogens with one attached hydrogen (secondary N) is 1. The van der Waals surface area contributed by atoms with Gasteiger partial charge in [0.05, 0.1) is 29.8 Å². The van der Waals surface area contributed by atoms with E-state index < -0.39 is 41.9 Å². The summed E-state index contributed by atoms with van der Waals surface area (Å²) in [7, 11) is 0. The molecule has 0 radical (unpaired) electrons. The zero-order valence-electron chi connectivity index (χ0n) is 14.1.